The molecular weight excluding hydrogens is 244 g/mol. The zero-order chi connectivity index (χ0) is 14.3. The predicted octanol–water partition coefficient (Wildman–Crippen LogP) is 1.54. The number of carbonyl (C=O) groups is 2. The van der Waals surface area contributed by atoms with Crippen molar-refractivity contribution in [3.8, 4) is 0 Å². The molecule has 1 atom stereocenters. The summed E-state index contributed by atoms with van der Waals surface area (Å²) in [6.45, 7) is 3.77. The Morgan fingerprint density at radius 2 is 1.89 bits per heavy atom. The monoisotopic (exact) mass is 264 g/mol. The summed E-state index contributed by atoms with van der Waals surface area (Å²) in [5.41, 5.74) is 1.19. The fraction of sp³-hybridized carbons (Fsp3) is 0.429. The number of anilines is 1. The first-order chi connectivity index (χ1) is 9.02. The van der Waals surface area contributed by atoms with Gasteiger partial charge < -0.3 is 15.7 Å². The lowest BCUT2D eigenvalue weighted by molar-refractivity contribution is -0.114. The van der Waals surface area contributed by atoms with Gasteiger partial charge in [0.1, 0.15) is 0 Å². The molecule has 0 aliphatic heterocycles. The number of aliphatic hydroxyl groups excluding tert-OH is 1. The van der Waals surface area contributed by atoms with Gasteiger partial charge in [-0.25, -0.2) is 0 Å². The molecule has 0 radical (unpaired) electrons. The van der Waals surface area contributed by atoms with Crippen molar-refractivity contribution in [2.75, 3.05) is 11.9 Å². The highest BCUT2D eigenvalue weighted by atomic mass is 16.3. The largest absolute Gasteiger partial charge is 0.393 e. The highest BCUT2D eigenvalue weighted by Crippen LogP contribution is 2.09. The Kier molecular flexibility index (Phi) is 6.02. The van der Waals surface area contributed by atoms with Crippen LogP contribution >= 0.6 is 0 Å². The third kappa shape index (κ3) is 5.52. The minimum Gasteiger partial charge on any atom is -0.393 e. The molecule has 0 saturated heterocycles. The van der Waals surface area contributed by atoms with Gasteiger partial charge >= 0.3 is 0 Å². The first-order valence-electron chi connectivity index (χ1n) is 6.36. The second kappa shape index (κ2) is 7.53. The molecule has 0 heterocycles. The lowest BCUT2D eigenvalue weighted by Gasteiger charge is -2.09. The van der Waals surface area contributed by atoms with Crippen molar-refractivity contribution in [1.29, 1.82) is 0 Å². The van der Waals surface area contributed by atoms with E-state index in [1.807, 2.05) is 6.92 Å². The number of carbonyl (C=O) groups excluding carboxylic acids is 2. The second-order valence-electron chi connectivity index (χ2n) is 4.37. The van der Waals surface area contributed by atoms with Gasteiger partial charge in [-0.15, -0.1) is 0 Å². The summed E-state index contributed by atoms with van der Waals surface area (Å²) in [5, 5.41) is 14.7. The Hall–Kier alpha value is -1.88. The van der Waals surface area contributed by atoms with E-state index in [4.69, 9.17) is 0 Å². The van der Waals surface area contributed by atoms with E-state index in [0.29, 0.717) is 30.6 Å². The van der Waals surface area contributed by atoms with Gasteiger partial charge in [0.15, 0.2) is 0 Å². The molecule has 0 spiro atoms. The summed E-state index contributed by atoms with van der Waals surface area (Å²) >= 11 is 0. The Morgan fingerprint density at radius 3 is 2.42 bits per heavy atom. The third-order valence-electron chi connectivity index (χ3n) is 2.70. The van der Waals surface area contributed by atoms with Crippen LogP contribution in [-0.4, -0.2) is 29.6 Å². The third-order valence-corrected chi connectivity index (χ3v) is 2.70. The number of rotatable bonds is 6. The smallest absolute Gasteiger partial charge is 0.251 e. The van der Waals surface area contributed by atoms with Crippen molar-refractivity contribution >= 4 is 17.5 Å². The zero-order valence-corrected chi connectivity index (χ0v) is 11.3. The van der Waals surface area contributed by atoms with Crippen LogP contribution in [0.25, 0.3) is 0 Å². The van der Waals surface area contributed by atoms with Crippen molar-refractivity contribution in [1.82, 2.24) is 5.32 Å². The molecule has 1 aromatic carbocycles. The second-order valence-corrected chi connectivity index (χ2v) is 4.37. The van der Waals surface area contributed by atoms with Crippen molar-refractivity contribution in [3.63, 3.8) is 0 Å². The van der Waals surface area contributed by atoms with E-state index in [1.165, 1.54) is 6.92 Å². The van der Waals surface area contributed by atoms with E-state index < -0.39 is 0 Å². The Bertz CT molecular complexity index is 429. The van der Waals surface area contributed by atoms with E-state index in [2.05, 4.69) is 10.6 Å². The van der Waals surface area contributed by atoms with Crippen molar-refractivity contribution < 1.29 is 14.7 Å². The molecule has 1 unspecified atom stereocenters. The van der Waals surface area contributed by atoms with Crippen LogP contribution in [0.2, 0.25) is 0 Å². The molecule has 0 bridgehead atoms. The normalized spacial score (nSPS) is 11.7. The zero-order valence-electron chi connectivity index (χ0n) is 11.3. The Morgan fingerprint density at radius 1 is 1.26 bits per heavy atom. The molecule has 0 aliphatic carbocycles. The highest BCUT2D eigenvalue weighted by Gasteiger charge is 2.06. The van der Waals surface area contributed by atoms with Gasteiger partial charge in [-0.2, -0.15) is 0 Å². The number of hydrogen-bond acceptors (Lipinski definition) is 3. The first kappa shape index (κ1) is 15.2. The molecule has 0 aliphatic rings. The molecule has 0 aromatic heterocycles. The van der Waals surface area contributed by atoms with Gasteiger partial charge in [-0.05, 0) is 37.1 Å². The molecule has 0 fully saturated rings. The van der Waals surface area contributed by atoms with Crippen LogP contribution in [0.4, 0.5) is 5.69 Å². The van der Waals surface area contributed by atoms with Crippen LogP contribution in [0.15, 0.2) is 24.3 Å². The number of nitrogens with one attached hydrogen (secondary N) is 2. The minimum atomic E-state index is -0.373. The fourth-order valence-electron chi connectivity index (χ4n) is 1.57. The number of amides is 2. The van der Waals surface area contributed by atoms with Crippen LogP contribution in [0.5, 0.6) is 0 Å². The molecule has 104 valence electrons. The average molecular weight is 264 g/mol. The summed E-state index contributed by atoms with van der Waals surface area (Å²) in [4.78, 5) is 22.6. The maximum absolute atomic E-state index is 11.8. The summed E-state index contributed by atoms with van der Waals surface area (Å²) < 4.78 is 0. The number of aliphatic hydroxyl groups is 1. The maximum atomic E-state index is 11.8. The molecule has 2 amide bonds. The maximum Gasteiger partial charge on any atom is 0.251 e. The van der Waals surface area contributed by atoms with Crippen molar-refractivity contribution in [2.24, 2.45) is 0 Å². The Balaban J connectivity index is 2.46. The van der Waals surface area contributed by atoms with E-state index in [0.717, 1.165) is 0 Å². The van der Waals surface area contributed by atoms with Crippen LogP contribution < -0.4 is 10.6 Å². The van der Waals surface area contributed by atoms with Gasteiger partial charge in [0.25, 0.3) is 5.91 Å². The lowest BCUT2D eigenvalue weighted by atomic mass is 10.1. The molecule has 1 rings (SSSR count). The highest BCUT2D eigenvalue weighted by molar-refractivity contribution is 5.95. The van der Waals surface area contributed by atoms with Crippen molar-refractivity contribution in [3.05, 3.63) is 29.8 Å². The van der Waals surface area contributed by atoms with Gasteiger partial charge in [-0.3, -0.25) is 9.59 Å². The summed E-state index contributed by atoms with van der Waals surface area (Å²) in [6.07, 6.45) is 0.857. The molecule has 0 saturated carbocycles. The quantitative estimate of drug-likeness (QED) is 0.729. The minimum absolute atomic E-state index is 0.147. The van der Waals surface area contributed by atoms with Crippen LogP contribution in [0, 0.1) is 0 Å². The standard InChI is InChI=1S/C14H20N2O3/c1-3-13(18)8-9-15-14(19)11-4-6-12(7-5-11)16-10(2)17/h4-7,13,18H,3,8-9H2,1-2H3,(H,15,19)(H,16,17). The topological polar surface area (TPSA) is 78.4 Å². The van der Waals surface area contributed by atoms with Crippen LogP contribution in [0.1, 0.15) is 37.0 Å². The van der Waals surface area contributed by atoms with Gasteiger partial charge in [-0.1, -0.05) is 6.92 Å². The average Bonchev–Trinajstić information content (AvgIpc) is 2.38. The van der Waals surface area contributed by atoms with E-state index in [1.54, 1.807) is 24.3 Å². The van der Waals surface area contributed by atoms with Crippen LogP contribution in [0.3, 0.4) is 0 Å². The molecule has 1 aromatic rings. The Labute approximate surface area is 113 Å². The lowest BCUT2D eigenvalue weighted by Crippen LogP contribution is -2.26. The first-order valence-corrected chi connectivity index (χ1v) is 6.36. The van der Waals surface area contributed by atoms with E-state index in [9.17, 15) is 14.7 Å². The fourth-order valence-corrected chi connectivity index (χ4v) is 1.57. The summed E-state index contributed by atoms with van der Waals surface area (Å²) in [7, 11) is 0. The van der Waals surface area contributed by atoms with Crippen LogP contribution in [-0.2, 0) is 4.79 Å². The number of benzene rings is 1. The SMILES string of the molecule is CCC(O)CCNC(=O)c1ccc(NC(C)=O)cc1. The molecule has 3 N–H and O–H groups in total. The van der Waals surface area contributed by atoms with Gasteiger partial charge in [0.05, 0.1) is 6.10 Å². The molecule has 5 nitrogen and oxygen atoms in total. The summed E-state index contributed by atoms with van der Waals surface area (Å²) in [6, 6.07) is 6.65. The van der Waals surface area contributed by atoms with Crippen molar-refractivity contribution in [2.45, 2.75) is 32.8 Å². The molecular formula is C14H20N2O3. The van der Waals surface area contributed by atoms with Gasteiger partial charge in [0, 0.05) is 24.7 Å². The molecule has 19 heavy (non-hydrogen) atoms. The van der Waals surface area contributed by atoms with E-state index >= 15 is 0 Å². The molecule has 5 heteroatoms. The van der Waals surface area contributed by atoms with E-state index in [-0.39, 0.29) is 17.9 Å². The number of hydrogen-bond donors (Lipinski definition) is 3. The van der Waals surface area contributed by atoms with Gasteiger partial charge in [0.2, 0.25) is 5.91 Å². The predicted molar refractivity (Wildman–Crippen MR) is 74.0 cm³/mol. The summed E-state index contributed by atoms with van der Waals surface area (Å²) in [5.74, 6) is -0.330.